The molecular weight excluding hydrogens is 233 g/mol. The van der Waals surface area contributed by atoms with E-state index in [9.17, 15) is 18.0 Å². The first-order chi connectivity index (χ1) is 7.80. The Morgan fingerprint density at radius 2 is 1.94 bits per heavy atom. The monoisotopic (exact) mass is 246 g/mol. The van der Waals surface area contributed by atoms with Crippen LogP contribution in [0.5, 0.6) is 0 Å². The number of benzene rings is 1. The molecule has 94 valence electrons. The van der Waals surface area contributed by atoms with Gasteiger partial charge in [-0.1, -0.05) is 6.07 Å². The van der Waals surface area contributed by atoms with E-state index in [-0.39, 0.29) is 12.2 Å². The molecule has 0 heterocycles. The van der Waals surface area contributed by atoms with Gasteiger partial charge in [-0.15, -0.1) is 0 Å². The van der Waals surface area contributed by atoms with Crippen molar-refractivity contribution >= 4 is 5.97 Å². The maximum absolute atomic E-state index is 13.7. The van der Waals surface area contributed by atoms with Gasteiger partial charge >= 0.3 is 11.9 Å². The molecule has 0 saturated carbocycles. The van der Waals surface area contributed by atoms with E-state index >= 15 is 0 Å². The molecule has 0 aliphatic heterocycles. The standard InChI is InChI=1S/C12H13F3O2/c1-4-17-11(16)12(14,15)10-8(3)5-7(2)6-9(10)13/h5-6H,4H2,1-3H3. The molecular formula is C12H13F3O2. The smallest absolute Gasteiger partial charge is 0.382 e. The first kappa shape index (κ1) is 13.5. The maximum atomic E-state index is 13.7. The molecule has 0 atom stereocenters. The molecule has 0 radical (unpaired) electrons. The zero-order chi connectivity index (χ0) is 13.2. The highest BCUT2D eigenvalue weighted by molar-refractivity contribution is 5.80. The van der Waals surface area contributed by atoms with Crippen molar-refractivity contribution in [3.05, 3.63) is 34.6 Å². The summed E-state index contributed by atoms with van der Waals surface area (Å²) in [5, 5.41) is 0. The average molecular weight is 246 g/mol. The summed E-state index contributed by atoms with van der Waals surface area (Å²) in [6, 6.07) is 2.36. The molecule has 0 aliphatic rings. The number of hydrogen-bond donors (Lipinski definition) is 0. The number of carbonyl (C=O) groups is 1. The predicted molar refractivity (Wildman–Crippen MR) is 56.4 cm³/mol. The van der Waals surface area contributed by atoms with Crippen molar-refractivity contribution in [1.29, 1.82) is 0 Å². The second-order valence-electron chi connectivity index (χ2n) is 3.73. The van der Waals surface area contributed by atoms with Crippen molar-refractivity contribution in [3.8, 4) is 0 Å². The van der Waals surface area contributed by atoms with Crippen molar-refractivity contribution in [2.45, 2.75) is 26.7 Å². The molecule has 0 aromatic heterocycles. The van der Waals surface area contributed by atoms with Gasteiger partial charge in [0, 0.05) is 0 Å². The minimum atomic E-state index is -3.96. The fourth-order valence-electron chi connectivity index (χ4n) is 1.64. The topological polar surface area (TPSA) is 26.3 Å². The molecule has 0 fully saturated rings. The number of ether oxygens (including phenoxy) is 1. The molecule has 0 saturated heterocycles. The lowest BCUT2D eigenvalue weighted by molar-refractivity contribution is -0.173. The Bertz CT molecular complexity index is 418. The van der Waals surface area contributed by atoms with Gasteiger partial charge in [0.2, 0.25) is 0 Å². The van der Waals surface area contributed by atoms with Crippen LogP contribution in [-0.4, -0.2) is 12.6 Å². The number of hydrogen-bond acceptors (Lipinski definition) is 2. The molecule has 0 unspecified atom stereocenters. The van der Waals surface area contributed by atoms with Gasteiger partial charge < -0.3 is 4.74 Å². The Balaban J connectivity index is 3.28. The lowest BCUT2D eigenvalue weighted by atomic mass is 9.99. The zero-order valence-electron chi connectivity index (χ0n) is 9.81. The van der Waals surface area contributed by atoms with Gasteiger partial charge in [0.1, 0.15) is 5.82 Å². The maximum Gasteiger partial charge on any atom is 0.382 e. The van der Waals surface area contributed by atoms with Gasteiger partial charge in [-0.3, -0.25) is 0 Å². The van der Waals surface area contributed by atoms with Crippen molar-refractivity contribution < 1.29 is 22.7 Å². The van der Waals surface area contributed by atoms with E-state index < -0.39 is 23.3 Å². The Morgan fingerprint density at radius 3 is 2.41 bits per heavy atom. The molecule has 1 aromatic carbocycles. The molecule has 0 bridgehead atoms. The van der Waals surface area contributed by atoms with Crippen LogP contribution in [0, 0.1) is 19.7 Å². The average Bonchev–Trinajstić information content (AvgIpc) is 2.15. The second-order valence-corrected chi connectivity index (χ2v) is 3.73. The minimum absolute atomic E-state index is 0.0283. The number of halogens is 3. The van der Waals surface area contributed by atoms with Gasteiger partial charge in [0.25, 0.3) is 0 Å². The van der Waals surface area contributed by atoms with Crippen molar-refractivity contribution in [3.63, 3.8) is 0 Å². The van der Waals surface area contributed by atoms with Crippen LogP contribution in [0.3, 0.4) is 0 Å². The summed E-state index contributed by atoms with van der Waals surface area (Å²) in [6.07, 6.45) is 0. The van der Waals surface area contributed by atoms with E-state index in [0.717, 1.165) is 6.07 Å². The van der Waals surface area contributed by atoms with E-state index in [1.165, 1.54) is 19.9 Å². The van der Waals surface area contributed by atoms with Gasteiger partial charge in [-0.25, -0.2) is 9.18 Å². The highest BCUT2D eigenvalue weighted by Gasteiger charge is 2.46. The lowest BCUT2D eigenvalue weighted by Crippen LogP contribution is -2.30. The summed E-state index contributed by atoms with van der Waals surface area (Å²) < 4.78 is 45.1. The van der Waals surface area contributed by atoms with E-state index in [0.29, 0.717) is 5.56 Å². The van der Waals surface area contributed by atoms with Crippen LogP contribution in [0.4, 0.5) is 13.2 Å². The number of rotatable bonds is 3. The third-order valence-corrected chi connectivity index (χ3v) is 2.28. The number of alkyl halides is 2. The molecule has 1 aromatic rings. The predicted octanol–water partition coefficient (Wildman–Crippen LogP) is 3.10. The quantitative estimate of drug-likeness (QED) is 0.766. The molecule has 0 N–H and O–H groups in total. The summed E-state index contributed by atoms with van der Waals surface area (Å²) in [5.41, 5.74) is -0.370. The molecule has 0 aliphatic carbocycles. The van der Waals surface area contributed by atoms with Crippen molar-refractivity contribution in [2.75, 3.05) is 6.61 Å². The van der Waals surface area contributed by atoms with Gasteiger partial charge in [0.05, 0.1) is 12.2 Å². The van der Waals surface area contributed by atoms with Crippen LogP contribution in [0.1, 0.15) is 23.6 Å². The molecule has 5 heteroatoms. The fourth-order valence-corrected chi connectivity index (χ4v) is 1.64. The molecule has 2 nitrogen and oxygen atoms in total. The summed E-state index contributed by atoms with van der Waals surface area (Å²) in [6.45, 7) is 4.15. The van der Waals surface area contributed by atoms with Crippen LogP contribution in [0.2, 0.25) is 0 Å². The van der Waals surface area contributed by atoms with Gasteiger partial charge in [-0.05, 0) is 38.0 Å². The second kappa shape index (κ2) is 4.77. The summed E-state index contributed by atoms with van der Waals surface area (Å²) in [7, 11) is 0. The van der Waals surface area contributed by atoms with E-state index in [4.69, 9.17) is 0 Å². The Morgan fingerprint density at radius 1 is 1.35 bits per heavy atom. The molecule has 0 spiro atoms. The molecule has 1 rings (SSSR count). The highest BCUT2D eigenvalue weighted by atomic mass is 19.3. The first-order valence-electron chi connectivity index (χ1n) is 5.13. The number of carbonyl (C=O) groups excluding carboxylic acids is 1. The van der Waals surface area contributed by atoms with Crippen molar-refractivity contribution in [1.82, 2.24) is 0 Å². The van der Waals surface area contributed by atoms with Gasteiger partial charge in [-0.2, -0.15) is 8.78 Å². The van der Waals surface area contributed by atoms with Crippen LogP contribution >= 0.6 is 0 Å². The van der Waals surface area contributed by atoms with E-state index in [2.05, 4.69) is 4.74 Å². The largest absolute Gasteiger partial charge is 0.461 e. The Labute approximate surface area is 97.4 Å². The Kier molecular flexibility index (Phi) is 3.80. The molecule has 0 amide bonds. The first-order valence-corrected chi connectivity index (χ1v) is 5.13. The van der Waals surface area contributed by atoms with Crippen LogP contribution in [-0.2, 0) is 15.5 Å². The van der Waals surface area contributed by atoms with Crippen LogP contribution in [0.15, 0.2) is 12.1 Å². The van der Waals surface area contributed by atoms with Crippen LogP contribution < -0.4 is 0 Å². The summed E-state index contributed by atoms with van der Waals surface area (Å²) >= 11 is 0. The van der Waals surface area contributed by atoms with Gasteiger partial charge in [0.15, 0.2) is 0 Å². The summed E-state index contributed by atoms with van der Waals surface area (Å²) in [4.78, 5) is 11.1. The van der Waals surface area contributed by atoms with E-state index in [1.54, 1.807) is 6.92 Å². The summed E-state index contributed by atoms with van der Waals surface area (Å²) in [5.74, 6) is -6.79. The van der Waals surface area contributed by atoms with Crippen LogP contribution in [0.25, 0.3) is 0 Å². The minimum Gasteiger partial charge on any atom is -0.461 e. The fraction of sp³-hybridized carbons (Fsp3) is 0.417. The van der Waals surface area contributed by atoms with E-state index in [1.807, 2.05) is 0 Å². The number of aryl methyl sites for hydroxylation is 2. The third kappa shape index (κ3) is 2.60. The Hall–Kier alpha value is -1.52. The normalized spacial score (nSPS) is 11.4. The third-order valence-electron chi connectivity index (χ3n) is 2.28. The highest BCUT2D eigenvalue weighted by Crippen LogP contribution is 2.34. The zero-order valence-corrected chi connectivity index (χ0v) is 9.81. The lowest BCUT2D eigenvalue weighted by Gasteiger charge is -2.18. The SMILES string of the molecule is CCOC(=O)C(F)(F)c1c(C)cc(C)cc1F. The van der Waals surface area contributed by atoms with Crippen molar-refractivity contribution in [2.24, 2.45) is 0 Å². The molecule has 17 heavy (non-hydrogen) atoms. The number of esters is 1.